The number of hydrogen-bond acceptors (Lipinski definition) is 2. The molecule has 2 heterocycles. The van der Waals surface area contributed by atoms with Gasteiger partial charge in [0, 0.05) is 0 Å². The standard InChI is InChI=1S/2C5H10NS.2ClH.Pt/c2*7-5-1-3-6-4-2-5;;;/h2*5,7H,1-4H2;2*1H;/q2*-1;;;+4/p-2. The minimum atomic E-state index is -0.472. The van der Waals surface area contributed by atoms with Gasteiger partial charge in [-0.05, 0) is 10.5 Å². The summed E-state index contributed by atoms with van der Waals surface area (Å²) < 4.78 is 0. The van der Waals surface area contributed by atoms with Crippen LogP contribution in [0.2, 0.25) is 0 Å². The Hall–Kier alpha value is 1.89. The summed E-state index contributed by atoms with van der Waals surface area (Å²) in [5, 5.41) is 9.63. The van der Waals surface area contributed by atoms with Gasteiger partial charge in [0.15, 0.2) is 0 Å². The van der Waals surface area contributed by atoms with E-state index in [0.717, 1.165) is 26.2 Å². The molecule has 7 heteroatoms. The van der Waals surface area contributed by atoms with Crippen LogP contribution in [0.5, 0.6) is 0 Å². The van der Waals surface area contributed by atoms with E-state index in [4.69, 9.17) is 18.8 Å². The molecular weight excluding hydrogens is 478 g/mol. The first-order valence-corrected chi connectivity index (χ1v) is 12.3. The van der Waals surface area contributed by atoms with Crippen molar-refractivity contribution in [3.8, 4) is 0 Å². The number of halogens is 2. The predicted octanol–water partition coefficient (Wildman–Crippen LogP) is 4.28. The van der Waals surface area contributed by atoms with Crippen molar-refractivity contribution < 1.29 is 16.5 Å². The quantitative estimate of drug-likeness (QED) is 0.467. The van der Waals surface area contributed by atoms with Crippen molar-refractivity contribution >= 4 is 44.1 Å². The van der Waals surface area contributed by atoms with E-state index >= 15 is 0 Å². The van der Waals surface area contributed by atoms with Gasteiger partial charge in [-0.1, -0.05) is 25.7 Å². The summed E-state index contributed by atoms with van der Waals surface area (Å²) in [4.78, 5) is 0. The summed E-state index contributed by atoms with van der Waals surface area (Å²) >= 11 is 8.13. The summed E-state index contributed by atoms with van der Waals surface area (Å²) in [6, 6.07) is 0. The molecule has 2 rings (SSSR count). The Morgan fingerprint density at radius 1 is 0.765 bits per heavy atom. The second kappa shape index (κ2) is 14.3. The van der Waals surface area contributed by atoms with Gasteiger partial charge < -0.3 is 10.6 Å². The maximum atomic E-state index is 4.88. The van der Waals surface area contributed by atoms with Crippen LogP contribution in [0, 0.1) is 0 Å². The number of thiol groups is 2. The molecule has 17 heavy (non-hydrogen) atoms. The van der Waals surface area contributed by atoms with Crippen molar-refractivity contribution in [1.29, 1.82) is 0 Å². The van der Waals surface area contributed by atoms with Gasteiger partial charge in [0.05, 0.1) is 0 Å². The zero-order valence-corrected chi connectivity index (χ0v) is 15.2. The molecule has 2 fully saturated rings. The van der Waals surface area contributed by atoms with Crippen molar-refractivity contribution in [2.45, 2.75) is 36.2 Å². The molecular formula is C10H20Cl2N2PtS2. The third kappa shape index (κ3) is 14.1. The van der Waals surface area contributed by atoms with E-state index in [1.807, 2.05) is 0 Å². The third-order valence-electron chi connectivity index (χ3n) is 2.48. The second-order valence-electron chi connectivity index (χ2n) is 3.85. The van der Waals surface area contributed by atoms with E-state index in [0.29, 0.717) is 10.5 Å². The Morgan fingerprint density at radius 2 is 1.00 bits per heavy atom. The van der Waals surface area contributed by atoms with E-state index in [2.05, 4.69) is 35.9 Å². The molecule has 0 saturated carbocycles. The van der Waals surface area contributed by atoms with Gasteiger partial charge in [-0.2, -0.15) is 25.3 Å². The molecule has 0 spiro atoms. The van der Waals surface area contributed by atoms with Crippen LogP contribution >= 0.6 is 44.1 Å². The SMILES string of the molecule is SC1CC[N-]CC1.SC1CC[N-]CC1.[Cl][Pt+2][Cl]. The van der Waals surface area contributed by atoms with Gasteiger partial charge in [-0.15, -0.1) is 26.2 Å². The molecule has 2 aliphatic rings. The fraction of sp³-hybridized carbons (Fsp3) is 1.00. The number of nitrogens with zero attached hydrogens (tertiary/aromatic N) is 2. The molecule has 0 radical (unpaired) electrons. The van der Waals surface area contributed by atoms with E-state index in [-0.39, 0.29) is 0 Å². The molecule has 2 aliphatic heterocycles. The number of rotatable bonds is 0. The first kappa shape index (κ1) is 18.9. The van der Waals surface area contributed by atoms with Crippen LogP contribution in [0.1, 0.15) is 25.7 Å². The molecule has 2 nitrogen and oxygen atoms in total. The molecule has 0 atom stereocenters. The second-order valence-corrected chi connectivity index (χ2v) is 8.59. The average Bonchev–Trinajstić information content (AvgIpc) is 2.33. The van der Waals surface area contributed by atoms with Crippen LogP contribution in [0.3, 0.4) is 0 Å². The topological polar surface area (TPSA) is 28.2 Å². The van der Waals surface area contributed by atoms with Crippen LogP contribution in [-0.4, -0.2) is 36.7 Å². The predicted molar refractivity (Wildman–Crippen MR) is 81.9 cm³/mol. The number of hydrogen-bond donors (Lipinski definition) is 2. The fourth-order valence-electron chi connectivity index (χ4n) is 1.47. The summed E-state index contributed by atoms with van der Waals surface area (Å²) in [7, 11) is 9.75. The zero-order chi connectivity index (χ0) is 12.9. The van der Waals surface area contributed by atoms with Gasteiger partial charge in [0.1, 0.15) is 0 Å². The van der Waals surface area contributed by atoms with Gasteiger partial charge in [0.2, 0.25) is 0 Å². The van der Waals surface area contributed by atoms with E-state index in [1.165, 1.54) is 25.7 Å². The van der Waals surface area contributed by atoms with E-state index in [9.17, 15) is 0 Å². The maximum absolute atomic E-state index is 4.88. The molecule has 2 saturated heterocycles. The van der Waals surface area contributed by atoms with Crippen LogP contribution in [-0.2, 0) is 16.5 Å². The molecule has 0 N–H and O–H groups in total. The summed E-state index contributed by atoms with van der Waals surface area (Å²) in [5.74, 6) is 0. The minimum absolute atomic E-state index is 0.472. The van der Waals surface area contributed by atoms with Crippen LogP contribution in [0.25, 0.3) is 10.6 Å². The molecule has 0 unspecified atom stereocenters. The molecule has 0 amide bonds. The number of piperidine rings is 2. The Balaban J connectivity index is 0.000000247. The third-order valence-corrected chi connectivity index (χ3v) is 3.51. The Morgan fingerprint density at radius 3 is 1.12 bits per heavy atom. The van der Waals surface area contributed by atoms with Crippen molar-refractivity contribution in [2.75, 3.05) is 26.2 Å². The van der Waals surface area contributed by atoms with Gasteiger partial charge in [-0.3, -0.25) is 0 Å². The monoisotopic (exact) mass is 497 g/mol. The van der Waals surface area contributed by atoms with Gasteiger partial charge in [0.25, 0.3) is 0 Å². The molecule has 0 aromatic carbocycles. The Labute approximate surface area is 133 Å². The van der Waals surface area contributed by atoms with Gasteiger partial charge >= 0.3 is 35.3 Å². The summed E-state index contributed by atoms with van der Waals surface area (Å²) in [6.07, 6.45) is 4.73. The molecule has 0 aromatic rings. The Kier molecular flexibility index (Phi) is 15.9. The van der Waals surface area contributed by atoms with E-state index < -0.39 is 16.5 Å². The van der Waals surface area contributed by atoms with Crippen molar-refractivity contribution in [2.24, 2.45) is 0 Å². The first-order valence-electron chi connectivity index (χ1n) is 5.65. The summed E-state index contributed by atoms with van der Waals surface area (Å²) in [6.45, 7) is 4.14. The first-order chi connectivity index (χ1) is 8.20. The van der Waals surface area contributed by atoms with Crippen LogP contribution in [0.4, 0.5) is 0 Å². The van der Waals surface area contributed by atoms with Crippen molar-refractivity contribution in [3.05, 3.63) is 10.6 Å². The molecule has 0 aliphatic carbocycles. The molecule has 0 aromatic heterocycles. The average molecular weight is 498 g/mol. The fourth-order valence-corrected chi connectivity index (χ4v) is 1.94. The van der Waals surface area contributed by atoms with Crippen molar-refractivity contribution in [1.82, 2.24) is 0 Å². The van der Waals surface area contributed by atoms with Crippen LogP contribution in [0.15, 0.2) is 0 Å². The molecule has 106 valence electrons. The van der Waals surface area contributed by atoms with Gasteiger partial charge in [-0.25, -0.2) is 0 Å². The normalized spacial score (nSPS) is 22.1. The van der Waals surface area contributed by atoms with Crippen molar-refractivity contribution in [3.63, 3.8) is 0 Å². The van der Waals surface area contributed by atoms with Crippen LogP contribution < -0.4 is 0 Å². The zero-order valence-electron chi connectivity index (χ0n) is 9.67. The van der Waals surface area contributed by atoms with E-state index in [1.54, 1.807) is 0 Å². The summed E-state index contributed by atoms with van der Waals surface area (Å²) in [5.41, 5.74) is 0. The molecule has 0 bridgehead atoms. The Bertz CT molecular complexity index is 141.